The van der Waals surface area contributed by atoms with Crippen LogP contribution in [-0.4, -0.2) is 19.3 Å². The number of carbonyl (C=O) groups is 1. The zero-order valence-electron chi connectivity index (χ0n) is 10.1. The molecule has 0 aromatic heterocycles. The lowest BCUT2D eigenvalue weighted by atomic mass is 10.2. The molecule has 1 rings (SSSR count). The summed E-state index contributed by atoms with van der Waals surface area (Å²) in [6.45, 7) is 0. The van der Waals surface area contributed by atoms with Crippen LogP contribution in [0.1, 0.15) is 5.56 Å². The molecular formula is C12H8F3IN2O2. The molecule has 0 atom stereocenters. The number of hydrogen-bond donors (Lipinski definition) is 1. The van der Waals surface area contributed by atoms with Gasteiger partial charge in [0.1, 0.15) is 5.70 Å². The summed E-state index contributed by atoms with van der Waals surface area (Å²) >= 11 is 1.79. The van der Waals surface area contributed by atoms with E-state index in [0.29, 0.717) is 15.2 Å². The highest BCUT2D eigenvalue weighted by molar-refractivity contribution is 14.1. The van der Waals surface area contributed by atoms with Gasteiger partial charge in [0, 0.05) is 3.57 Å². The molecule has 0 aliphatic carbocycles. The summed E-state index contributed by atoms with van der Waals surface area (Å²) in [6.07, 6.45) is -4.40. The van der Waals surface area contributed by atoms with Crippen molar-refractivity contribution >= 4 is 34.2 Å². The molecule has 0 amide bonds. The molecule has 0 bridgehead atoms. The van der Waals surface area contributed by atoms with Crippen LogP contribution in [-0.2, 0) is 9.53 Å². The molecule has 0 fully saturated rings. The molecular weight excluding hydrogens is 388 g/mol. The first kappa shape index (κ1) is 16.3. The highest BCUT2D eigenvalue weighted by Gasteiger charge is 2.35. The van der Waals surface area contributed by atoms with Crippen LogP contribution in [0.2, 0.25) is 0 Å². The van der Waals surface area contributed by atoms with E-state index in [2.05, 4.69) is 10.1 Å². The predicted octanol–water partition coefficient (Wildman–Crippen LogP) is 3.19. The number of anilines is 1. The summed E-state index contributed by atoms with van der Waals surface area (Å²) in [5, 5.41) is 10.8. The van der Waals surface area contributed by atoms with Crippen LogP contribution in [0.3, 0.4) is 0 Å². The number of esters is 1. The molecule has 8 heteroatoms. The third-order valence-corrected chi connectivity index (χ3v) is 3.03. The lowest BCUT2D eigenvalue weighted by molar-refractivity contribution is -0.135. The van der Waals surface area contributed by atoms with Crippen LogP contribution in [0.5, 0.6) is 0 Å². The molecule has 0 radical (unpaired) electrons. The quantitative estimate of drug-likeness (QED) is 0.485. The van der Waals surface area contributed by atoms with E-state index in [1.165, 1.54) is 18.2 Å². The summed E-state index contributed by atoms with van der Waals surface area (Å²) in [7, 11) is 0.984. The number of methoxy groups -OCH3 is 1. The summed E-state index contributed by atoms with van der Waals surface area (Å²) in [5.74, 6) is -1.12. The van der Waals surface area contributed by atoms with Crippen molar-refractivity contribution in [3.05, 3.63) is 39.1 Å². The van der Waals surface area contributed by atoms with Crippen molar-refractivity contribution in [2.75, 3.05) is 12.4 Å². The first-order valence-electron chi connectivity index (χ1n) is 5.11. The van der Waals surface area contributed by atoms with Gasteiger partial charge in [0.15, 0.2) is 0 Å². The molecule has 0 saturated heterocycles. The minimum Gasteiger partial charge on any atom is -0.466 e. The van der Waals surface area contributed by atoms with E-state index in [1.807, 2.05) is 6.07 Å². The maximum Gasteiger partial charge on any atom is 0.431 e. The largest absolute Gasteiger partial charge is 0.466 e. The number of carbonyl (C=O) groups excluding carboxylic acids is 1. The number of rotatable bonds is 3. The second-order valence-electron chi connectivity index (χ2n) is 3.51. The zero-order chi connectivity index (χ0) is 15.3. The average molecular weight is 396 g/mol. The van der Waals surface area contributed by atoms with Crippen LogP contribution < -0.4 is 5.32 Å². The van der Waals surface area contributed by atoms with Crippen LogP contribution in [0.15, 0.2) is 30.0 Å². The normalized spacial score (nSPS) is 11.7. The number of nitrogens with one attached hydrogen (secondary N) is 1. The first-order chi connectivity index (χ1) is 9.27. The topological polar surface area (TPSA) is 62.1 Å². The summed E-state index contributed by atoms with van der Waals surface area (Å²) in [6, 6.07) is 6.00. The van der Waals surface area contributed by atoms with Crippen molar-refractivity contribution in [2.24, 2.45) is 0 Å². The highest BCUT2D eigenvalue weighted by atomic mass is 127. The molecule has 1 aromatic rings. The van der Waals surface area contributed by atoms with Crippen LogP contribution in [0, 0.1) is 14.9 Å². The Morgan fingerprint density at radius 3 is 2.60 bits per heavy atom. The third kappa shape index (κ3) is 4.41. The van der Waals surface area contributed by atoms with Gasteiger partial charge in [-0.05, 0) is 40.8 Å². The van der Waals surface area contributed by atoms with Gasteiger partial charge < -0.3 is 10.1 Å². The van der Waals surface area contributed by atoms with Gasteiger partial charge in [0.2, 0.25) is 0 Å². The van der Waals surface area contributed by atoms with E-state index in [1.54, 1.807) is 22.6 Å². The van der Waals surface area contributed by atoms with Crippen molar-refractivity contribution in [1.29, 1.82) is 5.26 Å². The van der Waals surface area contributed by atoms with Crippen molar-refractivity contribution in [3.63, 3.8) is 0 Å². The Bertz CT molecular complexity index is 591. The SMILES string of the molecule is COC(=O)C=C(Nc1ccc(C#N)cc1I)C(F)(F)F. The van der Waals surface area contributed by atoms with Gasteiger partial charge in [-0.2, -0.15) is 18.4 Å². The number of allylic oxidation sites excluding steroid dienone is 1. The Morgan fingerprint density at radius 2 is 2.15 bits per heavy atom. The Morgan fingerprint density at radius 1 is 1.50 bits per heavy atom. The number of alkyl halides is 3. The molecule has 4 nitrogen and oxygen atoms in total. The maximum atomic E-state index is 12.8. The standard InChI is InChI=1S/C12H8F3IN2O2/c1-20-11(19)5-10(12(13,14)15)18-9-3-2-7(6-17)4-8(9)16/h2-5,18H,1H3. The third-order valence-electron chi connectivity index (χ3n) is 2.14. The number of nitrogens with zero attached hydrogens (tertiary/aromatic N) is 1. The molecule has 0 unspecified atom stereocenters. The molecule has 1 aromatic carbocycles. The Hall–Kier alpha value is -1.76. The Kier molecular flexibility index (Phi) is 5.38. The van der Waals surface area contributed by atoms with Crippen molar-refractivity contribution < 1.29 is 22.7 Å². The van der Waals surface area contributed by atoms with Crippen LogP contribution in [0.25, 0.3) is 0 Å². The number of ether oxygens (including phenoxy) is 1. The summed E-state index contributed by atoms with van der Waals surface area (Å²) in [5.41, 5.74) is -0.783. The molecule has 0 spiro atoms. The number of nitriles is 1. The van der Waals surface area contributed by atoms with Gasteiger partial charge in [0.05, 0.1) is 30.5 Å². The number of halogens is 4. The zero-order valence-corrected chi connectivity index (χ0v) is 12.2. The van der Waals surface area contributed by atoms with Crippen LogP contribution >= 0.6 is 22.6 Å². The van der Waals surface area contributed by atoms with Crippen molar-refractivity contribution in [3.8, 4) is 6.07 Å². The second kappa shape index (κ2) is 6.60. The smallest absolute Gasteiger partial charge is 0.431 e. The monoisotopic (exact) mass is 396 g/mol. The average Bonchev–Trinajstić information content (AvgIpc) is 2.38. The minimum atomic E-state index is -4.73. The van der Waals surface area contributed by atoms with E-state index >= 15 is 0 Å². The predicted molar refractivity (Wildman–Crippen MR) is 73.7 cm³/mol. The molecule has 20 heavy (non-hydrogen) atoms. The highest BCUT2D eigenvalue weighted by Crippen LogP contribution is 2.29. The molecule has 0 saturated carbocycles. The van der Waals surface area contributed by atoms with Gasteiger partial charge in [-0.1, -0.05) is 0 Å². The van der Waals surface area contributed by atoms with Gasteiger partial charge in [0.25, 0.3) is 0 Å². The lowest BCUT2D eigenvalue weighted by Gasteiger charge is -2.15. The second-order valence-corrected chi connectivity index (χ2v) is 4.67. The Balaban J connectivity index is 3.12. The van der Waals surface area contributed by atoms with Gasteiger partial charge >= 0.3 is 12.1 Å². The maximum absolute atomic E-state index is 12.8. The Labute approximate surface area is 126 Å². The van der Waals surface area contributed by atoms with Crippen molar-refractivity contribution in [1.82, 2.24) is 0 Å². The molecule has 0 heterocycles. The minimum absolute atomic E-state index is 0.136. The molecule has 1 N–H and O–H groups in total. The fourth-order valence-corrected chi connectivity index (χ4v) is 1.85. The number of hydrogen-bond acceptors (Lipinski definition) is 4. The van der Waals surface area contributed by atoms with E-state index < -0.39 is 17.8 Å². The van der Waals surface area contributed by atoms with Gasteiger partial charge in [-0.25, -0.2) is 4.79 Å². The summed E-state index contributed by atoms with van der Waals surface area (Å²) < 4.78 is 43.0. The summed E-state index contributed by atoms with van der Waals surface area (Å²) in [4.78, 5) is 11.0. The fourth-order valence-electron chi connectivity index (χ4n) is 1.20. The fraction of sp³-hybridized carbons (Fsp3) is 0.167. The first-order valence-corrected chi connectivity index (χ1v) is 6.19. The van der Waals surface area contributed by atoms with Gasteiger partial charge in [-0.15, -0.1) is 0 Å². The van der Waals surface area contributed by atoms with Gasteiger partial charge in [-0.3, -0.25) is 0 Å². The van der Waals surface area contributed by atoms with Crippen molar-refractivity contribution in [2.45, 2.75) is 6.18 Å². The van der Waals surface area contributed by atoms with E-state index in [0.717, 1.165) is 7.11 Å². The molecule has 0 aliphatic rings. The lowest BCUT2D eigenvalue weighted by Crippen LogP contribution is -2.21. The molecule has 106 valence electrons. The van der Waals surface area contributed by atoms with E-state index in [-0.39, 0.29) is 5.69 Å². The van der Waals surface area contributed by atoms with Crippen LogP contribution in [0.4, 0.5) is 18.9 Å². The van der Waals surface area contributed by atoms with E-state index in [4.69, 9.17) is 5.26 Å². The number of benzene rings is 1. The van der Waals surface area contributed by atoms with E-state index in [9.17, 15) is 18.0 Å². The molecule has 0 aliphatic heterocycles.